The van der Waals surface area contributed by atoms with Crippen LogP contribution in [0.1, 0.15) is 149 Å². The fourth-order valence-corrected chi connectivity index (χ4v) is 6.33. The molecule has 0 radical (unpaired) electrons. The molecule has 1 rings (SSSR count). The molecule has 1 saturated heterocycles. The number of amides is 1. The minimum Gasteiger partial charge on any atom is -0.394 e. The molecule has 1 aliphatic rings. The molecule has 0 aliphatic carbocycles. The van der Waals surface area contributed by atoms with E-state index in [2.05, 4.69) is 61.7 Å². The molecule has 1 heterocycles. The summed E-state index contributed by atoms with van der Waals surface area (Å²) in [6.07, 6.45) is 26.1. The molecule has 54 heavy (non-hydrogen) atoms. The lowest BCUT2D eigenvalue weighted by Gasteiger charge is -2.40. The summed E-state index contributed by atoms with van der Waals surface area (Å²) in [5.74, 6) is -0.721. The number of rotatable bonds is 33. The molecule has 0 aromatic carbocycles. The topological polar surface area (TPSA) is 189 Å². The van der Waals surface area contributed by atoms with Gasteiger partial charge in [0.2, 0.25) is 5.91 Å². The third-order valence-corrected chi connectivity index (χ3v) is 9.87. The van der Waals surface area contributed by atoms with E-state index in [1.54, 1.807) is 0 Å². The van der Waals surface area contributed by atoms with Crippen molar-refractivity contribution in [1.29, 1.82) is 0 Å². The zero-order valence-electron chi connectivity index (χ0n) is 33.4. The fourth-order valence-electron chi connectivity index (χ4n) is 6.33. The second-order valence-corrected chi connectivity index (χ2v) is 14.7. The Morgan fingerprint density at radius 3 is 1.83 bits per heavy atom. The van der Waals surface area contributed by atoms with Crippen molar-refractivity contribution < 1.29 is 50.0 Å². The van der Waals surface area contributed by atoms with Gasteiger partial charge in [0.05, 0.1) is 25.4 Å². The van der Waals surface area contributed by atoms with Gasteiger partial charge in [0.25, 0.3) is 0 Å². The summed E-state index contributed by atoms with van der Waals surface area (Å²) in [5, 5.41) is 75.2. The number of carbonyl (C=O) groups excluding carboxylic acids is 1. The predicted octanol–water partition coefficient (Wildman–Crippen LogP) is 5.83. The van der Waals surface area contributed by atoms with Gasteiger partial charge in [0.1, 0.15) is 36.6 Å². The number of ether oxygens (including phenoxy) is 2. The van der Waals surface area contributed by atoms with Crippen LogP contribution >= 0.6 is 0 Å². The highest BCUT2D eigenvalue weighted by atomic mass is 16.7. The van der Waals surface area contributed by atoms with E-state index in [4.69, 9.17) is 9.47 Å². The predicted molar refractivity (Wildman–Crippen MR) is 215 cm³/mol. The molecule has 11 heteroatoms. The highest BCUT2D eigenvalue weighted by Crippen LogP contribution is 2.23. The van der Waals surface area contributed by atoms with Gasteiger partial charge in [-0.1, -0.05) is 127 Å². The van der Waals surface area contributed by atoms with Crippen LogP contribution in [0, 0.1) is 0 Å². The van der Waals surface area contributed by atoms with Gasteiger partial charge in [-0.05, 0) is 70.6 Å². The Labute approximate surface area is 326 Å². The van der Waals surface area contributed by atoms with Crippen LogP contribution in [-0.2, 0) is 14.3 Å². The van der Waals surface area contributed by atoms with Crippen molar-refractivity contribution in [3.63, 3.8) is 0 Å². The summed E-state index contributed by atoms with van der Waals surface area (Å²) >= 11 is 0. The maximum absolute atomic E-state index is 13.0. The Kier molecular flexibility index (Phi) is 30.8. The zero-order chi connectivity index (χ0) is 39.8. The van der Waals surface area contributed by atoms with Gasteiger partial charge in [0.15, 0.2) is 6.29 Å². The van der Waals surface area contributed by atoms with Crippen molar-refractivity contribution in [2.24, 2.45) is 0 Å². The van der Waals surface area contributed by atoms with Gasteiger partial charge in [-0.2, -0.15) is 0 Å². The minimum atomic E-state index is -1.67. The van der Waals surface area contributed by atoms with E-state index in [1.165, 1.54) is 51.4 Å². The van der Waals surface area contributed by atoms with Crippen LogP contribution in [0.25, 0.3) is 0 Å². The van der Waals surface area contributed by atoms with E-state index in [0.29, 0.717) is 19.3 Å². The lowest BCUT2D eigenvalue weighted by atomic mass is 9.98. The number of aliphatic hydroxyl groups excluding tert-OH is 7. The molecule has 1 fully saturated rings. The van der Waals surface area contributed by atoms with Crippen LogP contribution < -0.4 is 5.32 Å². The number of unbranched alkanes of at least 4 members (excludes halogenated alkanes) is 14. The zero-order valence-corrected chi connectivity index (χ0v) is 33.4. The third-order valence-electron chi connectivity index (χ3n) is 9.87. The summed E-state index contributed by atoms with van der Waals surface area (Å²) in [4.78, 5) is 13.0. The van der Waals surface area contributed by atoms with E-state index in [1.807, 2.05) is 6.08 Å². The summed E-state index contributed by atoms with van der Waals surface area (Å²) in [7, 11) is 0. The van der Waals surface area contributed by atoms with E-state index < -0.39 is 74.2 Å². The van der Waals surface area contributed by atoms with Gasteiger partial charge in [-0.3, -0.25) is 4.79 Å². The summed E-state index contributed by atoms with van der Waals surface area (Å²) in [5.41, 5.74) is 0. The molecular weight excluding hydrogens is 690 g/mol. The molecule has 8 N–H and O–H groups in total. The van der Waals surface area contributed by atoms with E-state index >= 15 is 0 Å². The van der Waals surface area contributed by atoms with E-state index in [9.17, 15) is 40.5 Å². The van der Waals surface area contributed by atoms with Crippen molar-refractivity contribution in [2.75, 3.05) is 13.2 Å². The molecule has 1 amide bonds. The van der Waals surface area contributed by atoms with E-state index in [-0.39, 0.29) is 12.8 Å². The normalized spacial score (nSPS) is 23.2. The molecular formula is C43H77NO10. The van der Waals surface area contributed by atoms with Crippen LogP contribution in [0.3, 0.4) is 0 Å². The molecule has 1 aliphatic heterocycles. The molecule has 9 atom stereocenters. The Hall–Kier alpha value is -1.93. The first-order valence-corrected chi connectivity index (χ1v) is 21.1. The standard InChI is InChI=1S/C43H77NO10/c1-3-5-7-9-11-13-14-15-16-17-18-19-20-21-23-25-27-29-31-36(47)42(52)44-34(33-53-43-41(51)40(50)39(49)37(32-45)54-43)38(48)35(46)30-28-26-24-22-12-10-8-6-4-2/h6,8,11,13-15,22,24,34-41,43,45-51H,3-5,7,9-10,12,16-21,23,25-33H2,1-2H3,(H,44,52)/b8-6+,13-11-,15-14-,24-22+. The fraction of sp³-hybridized carbons (Fsp3) is 0.791. The SMILES string of the molecule is CC/C=C/CC/C=C/CCCC(O)C(O)C(COC1OC(CO)C(O)C(O)C1O)NC(=O)C(O)CCCCCCCCCCC/C=C\C=C/CCCCC. The van der Waals surface area contributed by atoms with Crippen LogP contribution in [0.15, 0.2) is 48.6 Å². The Bertz CT molecular complexity index is 1020. The monoisotopic (exact) mass is 768 g/mol. The molecule has 11 nitrogen and oxygen atoms in total. The van der Waals surface area contributed by atoms with Crippen molar-refractivity contribution in [3.8, 4) is 0 Å². The third kappa shape index (κ3) is 23.2. The first-order valence-electron chi connectivity index (χ1n) is 21.1. The van der Waals surface area contributed by atoms with Gasteiger partial charge in [-0.15, -0.1) is 0 Å². The lowest BCUT2D eigenvalue weighted by Crippen LogP contribution is -2.60. The minimum absolute atomic E-state index is 0.241. The number of hydrogen-bond acceptors (Lipinski definition) is 10. The number of carbonyl (C=O) groups is 1. The highest BCUT2D eigenvalue weighted by Gasteiger charge is 2.44. The second-order valence-electron chi connectivity index (χ2n) is 14.7. The highest BCUT2D eigenvalue weighted by molar-refractivity contribution is 5.80. The number of aliphatic hydroxyl groups is 7. The van der Waals surface area contributed by atoms with Crippen LogP contribution in [0.2, 0.25) is 0 Å². The van der Waals surface area contributed by atoms with Crippen molar-refractivity contribution in [1.82, 2.24) is 5.32 Å². The second kappa shape index (κ2) is 33.2. The first kappa shape index (κ1) is 50.1. The van der Waals surface area contributed by atoms with Crippen molar-refractivity contribution >= 4 is 5.91 Å². The molecule has 0 saturated carbocycles. The average Bonchev–Trinajstić information content (AvgIpc) is 3.17. The number of nitrogens with one attached hydrogen (secondary N) is 1. The summed E-state index contributed by atoms with van der Waals surface area (Å²) < 4.78 is 11.0. The largest absolute Gasteiger partial charge is 0.394 e. The van der Waals surface area contributed by atoms with Gasteiger partial charge < -0.3 is 50.5 Å². The smallest absolute Gasteiger partial charge is 0.249 e. The van der Waals surface area contributed by atoms with Crippen molar-refractivity contribution in [2.45, 2.75) is 204 Å². The van der Waals surface area contributed by atoms with Crippen LogP contribution in [-0.4, -0.2) is 110 Å². The Morgan fingerprint density at radius 1 is 0.667 bits per heavy atom. The van der Waals surface area contributed by atoms with Gasteiger partial charge in [-0.25, -0.2) is 0 Å². The van der Waals surface area contributed by atoms with Crippen LogP contribution in [0.5, 0.6) is 0 Å². The van der Waals surface area contributed by atoms with Gasteiger partial charge >= 0.3 is 0 Å². The van der Waals surface area contributed by atoms with Crippen molar-refractivity contribution in [3.05, 3.63) is 48.6 Å². The van der Waals surface area contributed by atoms with Gasteiger partial charge in [0, 0.05) is 0 Å². The molecule has 0 bridgehead atoms. The molecule has 0 aromatic heterocycles. The summed E-state index contributed by atoms with van der Waals surface area (Å²) in [6.45, 7) is 3.23. The Morgan fingerprint density at radius 2 is 1.22 bits per heavy atom. The molecule has 9 unspecified atom stereocenters. The molecule has 0 spiro atoms. The first-order chi connectivity index (χ1) is 26.2. The quantitative estimate of drug-likeness (QED) is 0.0229. The molecule has 0 aromatic rings. The summed E-state index contributed by atoms with van der Waals surface area (Å²) in [6, 6.07) is -1.19. The maximum Gasteiger partial charge on any atom is 0.249 e. The average molecular weight is 768 g/mol. The molecule has 314 valence electrons. The Balaban J connectivity index is 2.48. The maximum atomic E-state index is 13.0. The number of hydrogen-bond donors (Lipinski definition) is 8. The van der Waals surface area contributed by atoms with E-state index in [0.717, 1.165) is 51.4 Å². The van der Waals surface area contributed by atoms with Crippen LogP contribution in [0.4, 0.5) is 0 Å². The lowest BCUT2D eigenvalue weighted by molar-refractivity contribution is -0.303. The number of allylic oxidation sites excluding steroid dienone is 8.